The maximum absolute atomic E-state index is 12.6. The van der Waals surface area contributed by atoms with Gasteiger partial charge in [-0.3, -0.25) is 4.79 Å². The van der Waals surface area contributed by atoms with Crippen LogP contribution in [0.5, 0.6) is 11.5 Å². The zero-order chi connectivity index (χ0) is 24.3. The number of anilines is 1. The molecule has 1 amide bonds. The van der Waals surface area contributed by atoms with Crippen molar-refractivity contribution in [2.75, 3.05) is 18.5 Å². The van der Waals surface area contributed by atoms with Gasteiger partial charge in [-0.15, -0.1) is 0 Å². The number of carbonyl (C=O) groups is 3. The number of amides is 1. The fourth-order valence-electron chi connectivity index (χ4n) is 3.21. The van der Waals surface area contributed by atoms with Gasteiger partial charge in [0.2, 0.25) is 5.91 Å². The molecule has 3 aromatic carbocycles. The van der Waals surface area contributed by atoms with Crippen LogP contribution in [0.25, 0.3) is 0 Å². The Labute approximate surface area is 196 Å². The second-order valence-electron chi connectivity index (χ2n) is 7.42. The number of carboxylic acids is 2. The molecule has 0 fully saturated rings. The number of benzene rings is 3. The number of aromatic carboxylic acids is 2. The van der Waals surface area contributed by atoms with E-state index in [1.807, 2.05) is 36.4 Å². The number of carbonyl (C=O) groups excluding carboxylic acids is 1. The Kier molecular flexibility index (Phi) is 8.62. The molecule has 176 valence electrons. The molecule has 0 spiro atoms. The molecule has 34 heavy (non-hydrogen) atoms. The number of nitrogens with one attached hydrogen (secondary N) is 1. The van der Waals surface area contributed by atoms with Gasteiger partial charge in [-0.25, -0.2) is 9.59 Å². The fraction of sp³-hybridized carbons (Fsp3) is 0.192. The van der Waals surface area contributed by atoms with E-state index in [1.54, 1.807) is 18.2 Å². The number of ether oxygens (including phenoxy) is 2. The molecule has 0 aliphatic rings. The van der Waals surface area contributed by atoms with Gasteiger partial charge in [-0.05, 0) is 49.2 Å². The number of para-hydroxylation sites is 2. The molecule has 0 aliphatic heterocycles. The molecule has 8 heteroatoms. The Balaban J connectivity index is 1.53. The maximum atomic E-state index is 12.6. The fourth-order valence-corrected chi connectivity index (χ4v) is 3.21. The van der Waals surface area contributed by atoms with E-state index in [2.05, 4.69) is 5.32 Å². The van der Waals surface area contributed by atoms with Gasteiger partial charge in [0.15, 0.2) is 0 Å². The predicted molar refractivity (Wildman–Crippen MR) is 126 cm³/mol. The van der Waals surface area contributed by atoms with Crippen molar-refractivity contribution in [2.24, 2.45) is 0 Å². The molecule has 0 heterocycles. The Bertz CT molecular complexity index is 1140. The van der Waals surface area contributed by atoms with Gasteiger partial charge in [0.25, 0.3) is 0 Å². The SMILES string of the molecule is O=C(Cc1ccccc1OCCCCOc1ccccc1)Nc1ccc(C(=O)O)cc1C(=O)O. The van der Waals surface area contributed by atoms with E-state index >= 15 is 0 Å². The number of hydrogen-bond acceptors (Lipinski definition) is 5. The highest BCUT2D eigenvalue weighted by Crippen LogP contribution is 2.22. The van der Waals surface area contributed by atoms with E-state index < -0.39 is 17.8 Å². The molecule has 0 atom stereocenters. The summed E-state index contributed by atoms with van der Waals surface area (Å²) in [4.78, 5) is 35.2. The highest BCUT2D eigenvalue weighted by Gasteiger charge is 2.17. The molecule has 8 nitrogen and oxygen atoms in total. The summed E-state index contributed by atoms with van der Waals surface area (Å²) in [6, 6.07) is 20.2. The van der Waals surface area contributed by atoms with Crippen LogP contribution >= 0.6 is 0 Å². The van der Waals surface area contributed by atoms with Crippen LogP contribution in [-0.2, 0) is 11.2 Å². The van der Waals surface area contributed by atoms with Crippen LogP contribution in [0.15, 0.2) is 72.8 Å². The second-order valence-corrected chi connectivity index (χ2v) is 7.42. The van der Waals surface area contributed by atoms with Gasteiger partial charge >= 0.3 is 11.9 Å². The largest absolute Gasteiger partial charge is 0.494 e. The van der Waals surface area contributed by atoms with E-state index in [-0.39, 0.29) is 23.2 Å². The summed E-state index contributed by atoms with van der Waals surface area (Å²) < 4.78 is 11.5. The Morgan fingerprint density at radius 3 is 2.15 bits per heavy atom. The Hall–Kier alpha value is -4.33. The van der Waals surface area contributed by atoms with Crippen molar-refractivity contribution in [2.45, 2.75) is 19.3 Å². The van der Waals surface area contributed by atoms with Crippen molar-refractivity contribution >= 4 is 23.5 Å². The molecule has 0 saturated carbocycles. The smallest absolute Gasteiger partial charge is 0.337 e. The standard InChI is InChI=1S/C26H25NO7/c28-24(27-22-13-12-19(25(29)30)16-21(22)26(31)32)17-18-8-4-5-11-23(18)34-15-7-6-14-33-20-9-2-1-3-10-20/h1-5,8-13,16H,6-7,14-15,17H2,(H,27,28)(H,29,30)(H,31,32). The quantitative estimate of drug-likeness (QED) is 0.338. The summed E-state index contributed by atoms with van der Waals surface area (Å²) in [5.41, 5.74) is 0.206. The summed E-state index contributed by atoms with van der Waals surface area (Å²) in [5.74, 6) is -1.64. The van der Waals surface area contributed by atoms with Gasteiger partial charge < -0.3 is 25.0 Å². The number of rotatable bonds is 12. The lowest BCUT2D eigenvalue weighted by Gasteiger charge is -2.13. The van der Waals surface area contributed by atoms with Crippen LogP contribution in [0.1, 0.15) is 39.1 Å². The predicted octanol–water partition coefficient (Wildman–Crippen LogP) is 4.50. The minimum Gasteiger partial charge on any atom is -0.494 e. The van der Waals surface area contributed by atoms with Gasteiger partial charge in [-0.1, -0.05) is 36.4 Å². The number of unbranched alkanes of at least 4 members (excludes halogenated alkanes) is 1. The van der Waals surface area contributed by atoms with Crippen LogP contribution in [-0.4, -0.2) is 41.3 Å². The third kappa shape index (κ3) is 7.09. The molecule has 0 unspecified atom stereocenters. The molecule has 3 aromatic rings. The molecule has 3 rings (SSSR count). The first-order valence-corrected chi connectivity index (χ1v) is 10.7. The van der Waals surface area contributed by atoms with Crippen molar-refractivity contribution < 1.29 is 34.1 Å². The van der Waals surface area contributed by atoms with E-state index in [4.69, 9.17) is 14.6 Å². The summed E-state index contributed by atoms with van der Waals surface area (Å²) >= 11 is 0. The summed E-state index contributed by atoms with van der Waals surface area (Å²) in [5, 5.41) is 21.0. The van der Waals surface area contributed by atoms with E-state index in [0.717, 1.165) is 24.7 Å². The van der Waals surface area contributed by atoms with E-state index in [1.165, 1.54) is 12.1 Å². The van der Waals surface area contributed by atoms with Gasteiger partial charge in [0.05, 0.1) is 36.4 Å². The molecule has 0 radical (unpaired) electrons. The van der Waals surface area contributed by atoms with Crippen molar-refractivity contribution in [1.82, 2.24) is 0 Å². The monoisotopic (exact) mass is 463 g/mol. The average Bonchev–Trinajstić information content (AvgIpc) is 2.82. The van der Waals surface area contributed by atoms with Crippen LogP contribution in [0.3, 0.4) is 0 Å². The molecule has 0 bridgehead atoms. The second kappa shape index (κ2) is 12.1. The third-order valence-electron chi connectivity index (χ3n) is 4.90. The lowest BCUT2D eigenvalue weighted by atomic mass is 10.1. The van der Waals surface area contributed by atoms with Gasteiger partial charge in [-0.2, -0.15) is 0 Å². The molecular weight excluding hydrogens is 438 g/mol. The first-order chi connectivity index (χ1) is 16.4. The average molecular weight is 463 g/mol. The first-order valence-electron chi connectivity index (χ1n) is 10.7. The highest BCUT2D eigenvalue weighted by atomic mass is 16.5. The highest BCUT2D eigenvalue weighted by molar-refractivity contribution is 6.03. The van der Waals surface area contributed by atoms with E-state index in [0.29, 0.717) is 24.5 Å². The topological polar surface area (TPSA) is 122 Å². The van der Waals surface area contributed by atoms with Crippen molar-refractivity contribution in [3.8, 4) is 11.5 Å². The van der Waals surface area contributed by atoms with Crippen molar-refractivity contribution in [1.29, 1.82) is 0 Å². The van der Waals surface area contributed by atoms with Crippen LogP contribution < -0.4 is 14.8 Å². The summed E-state index contributed by atoms with van der Waals surface area (Å²) in [6.45, 7) is 1.03. The molecular formula is C26H25NO7. The van der Waals surface area contributed by atoms with Gasteiger partial charge in [0.1, 0.15) is 11.5 Å². The normalized spacial score (nSPS) is 10.4. The van der Waals surface area contributed by atoms with Gasteiger partial charge in [0, 0.05) is 5.56 Å². The lowest BCUT2D eigenvalue weighted by Crippen LogP contribution is -2.18. The third-order valence-corrected chi connectivity index (χ3v) is 4.90. The lowest BCUT2D eigenvalue weighted by molar-refractivity contribution is -0.115. The van der Waals surface area contributed by atoms with Crippen LogP contribution in [0.2, 0.25) is 0 Å². The Morgan fingerprint density at radius 2 is 1.44 bits per heavy atom. The minimum atomic E-state index is -1.33. The first kappa shape index (κ1) is 24.3. The zero-order valence-electron chi connectivity index (χ0n) is 18.4. The van der Waals surface area contributed by atoms with E-state index in [9.17, 15) is 19.5 Å². The maximum Gasteiger partial charge on any atom is 0.337 e. The molecule has 3 N–H and O–H groups in total. The van der Waals surface area contributed by atoms with Crippen molar-refractivity contribution in [3.05, 3.63) is 89.5 Å². The summed E-state index contributed by atoms with van der Waals surface area (Å²) in [6.07, 6.45) is 1.54. The summed E-state index contributed by atoms with van der Waals surface area (Å²) in [7, 11) is 0. The molecule has 0 aliphatic carbocycles. The molecule has 0 saturated heterocycles. The number of carboxylic acid groups (broad SMARTS) is 2. The Morgan fingerprint density at radius 1 is 0.765 bits per heavy atom. The zero-order valence-corrected chi connectivity index (χ0v) is 18.4. The molecule has 0 aromatic heterocycles. The van der Waals surface area contributed by atoms with Crippen LogP contribution in [0.4, 0.5) is 5.69 Å². The number of hydrogen-bond donors (Lipinski definition) is 3. The van der Waals surface area contributed by atoms with Crippen molar-refractivity contribution in [3.63, 3.8) is 0 Å². The van der Waals surface area contributed by atoms with Crippen LogP contribution in [0, 0.1) is 0 Å². The minimum absolute atomic E-state index is 0.0271.